The van der Waals surface area contributed by atoms with Crippen LogP contribution in [0.2, 0.25) is 0 Å². The van der Waals surface area contributed by atoms with E-state index in [1.807, 2.05) is 55.5 Å². The first-order valence-electron chi connectivity index (χ1n) is 8.35. The van der Waals surface area contributed by atoms with Crippen LogP contribution < -0.4 is 15.0 Å². The molecule has 0 spiro atoms. The third-order valence-corrected chi connectivity index (χ3v) is 4.43. The molecule has 1 aliphatic heterocycles. The number of aryl methyl sites for hydroxylation is 1. The number of anilines is 1. The van der Waals surface area contributed by atoms with E-state index in [-0.39, 0.29) is 24.2 Å². The Balaban J connectivity index is 1.68. The number of carbonyl (C=O) groups excluding carboxylic acids is 2. The SMILES string of the molecule is COc1ccc(C)cc1N1CC(C(=O)NCc2ccccc2)CC1=O. The van der Waals surface area contributed by atoms with Gasteiger partial charge in [0.1, 0.15) is 5.75 Å². The zero-order valence-electron chi connectivity index (χ0n) is 14.5. The van der Waals surface area contributed by atoms with Crippen LogP contribution in [0.4, 0.5) is 5.69 Å². The van der Waals surface area contributed by atoms with Gasteiger partial charge in [0, 0.05) is 19.5 Å². The zero-order valence-corrected chi connectivity index (χ0v) is 14.5. The number of benzene rings is 2. The first kappa shape index (κ1) is 17.0. The minimum Gasteiger partial charge on any atom is -0.495 e. The molecule has 1 heterocycles. The molecule has 0 aromatic heterocycles. The lowest BCUT2D eigenvalue weighted by Crippen LogP contribution is -2.32. The third-order valence-electron chi connectivity index (χ3n) is 4.43. The molecule has 3 rings (SSSR count). The van der Waals surface area contributed by atoms with E-state index in [2.05, 4.69) is 5.32 Å². The van der Waals surface area contributed by atoms with E-state index in [9.17, 15) is 9.59 Å². The Morgan fingerprint density at radius 3 is 2.72 bits per heavy atom. The summed E-state index contributed by atoms with van der Waals surface area (Å²) in [5.41, 5.74) is 2.81. The van der Waals surface area contributed by atoms with Gasteiger partial charge < -0.3 is 15.0 Å². The summed E-state index contributed by atoms with van der Waals surface area (Å²) in [7, 11) is 1.58. The van der Waals surface area contributed by atoms with E-state index in [1.165, 1.54) is 0 Å². The molecule has 1 unspecified atom stereocenters. The summed E-state index contributed by atoms with van der Waals surface area (Å²) in [6, 6.07) is 15.4. The van der Waals surface area contributed by atoms with E-state index in [0.29, 0.717) is 18.8 Å². The fourth-order valence-corrected chi connectivity index (χ4v) is 3.06. The molecule has 2 aromatic carbocycles. The average Bonchev–Trinajstić information content (AvgIpc) is 3.02. The Bertz CT molecular complexity index is 774. The molecule has 0 bridgehead atoms. The van der Waals surface area contributed by atoms with Crippen molar-refractivity contribution in [2.24, 2.45) is 5.92 Å². The minimum atomic E-state index is -0.346. The van der Waals surface area contributed by atoms with Crippen LogP contribution in [0.5, 0.6) is 5.75 Å². The van der Waals surface area contributed by atoms with Crippen molar-refractivity contribution in [2.75, 3.05) is 18.6 Å². The van der Waals surface area contributed by atoms with Gasteiger partial charge in [0.25, 0.3) is 0 Å². The second kappa shape index (κ2) is 7.38. The van der Waals surface area contributed by atoms with E-state index >= 15 is 0 Å². The maximum Gasteiger partial charge on any atom is 0.227 e. The van der Waals surface area contributed by atoms with Crippen molar-refractivity contribution in [1.82, 2.24) is 5.32 Å². The van der Waals surface area contributed by atoms with E-state index in [0.717, 1.165) is 16.8 Å². The summed E-state index contributed by atoms with van der Waals surface area (Å²) >= 11 is 0. The lowest BCUT2D eigenvalue weighted by molar-refractivity contribution is -0.126. The van der Waals surface area contributed by atoms with Crippen molar-refractivity contribution in [1.29, 1.82) is 0 Å². The maximum atomic E-state index is 12.4. The second-order valence-corrected chi connectivity index (χ2v) is 6.28. The quantitative estimate of drug-likeness (QED) is 0.912. The number of methoxy groups -OCH3 is 1. The molecule has 5 heteroatoms. The van der Waals surface area contributed by atoms with Crippen molar-refractivity contribution in [3.05, 3.63) is 59.7 Å². The van der Waals surface area contributed by atoms with Crippen LogP contribution in [0.25, 0.3) is 0 Å². The Morgan fingerprint density at radius 1 is 1.24 bits per heavy atom. The molecule has 1 saturated heterocycles. The van der Waals surface area contributed by atoms with Crippen molar-refractivity contribution < 1.29 is 14.3 Å². The number of hydrogen-bond acceptors (Lipinski definition) is 3. The molecular formula is C20H22N2O3. The smallest absolute Gasteiger partial charge is 0.227 e. The van der Waals surface area contributed by atoms with Crippen LogP contribution in [0.3, 0.4) is 0 Å². The molecule has 1 aliphatic rings. The Labute approximate surface area is 147 Å². The van der Waals surface area contributed by atoms with Gasteiger partial charge in [0.05, 0.1) is 18.7 Å². The number of amides is 2. The van der Waals surface area contributed by atoms with Crippen LogP contribution in [-0.2, 0) is 16.1 Å². The summed E-state index contributed by atoms with van der Waals surface area (Å²) in [6.45, 7) is 2.81. The predicted molar refractivity (Wildman–Crippen MR) is 96.5 cm³/mol. The molecule has 0 radical (unpaired) electrons. The Hall–Kier alpha value is -2.82. The first-order valence-corrected chi connectivity index (χ1v) is 8.35. The normalized spacial score (nSPS) is 16.8. The summed E-state index contributed by atoms with van der Waals surface area (Å²) in [5, 5.41) is 2.92. The van der Waals surface area contributed by atoms with Crippen LogP contribution in [-0.4, -0.2) is 25.5 Å². The molecular weight excluding hydrogens is 316 g/mol. The van der Waals surface area contributed by atoms with Gasteiger partial charge in [0.2, 0.25) is 11.8 Å². The van der Waals surface area contributed by atoms with E-state index in [4.69, 9.17) is 4.74 Å². The predicted octanol–water partition coefficient (Wildman–Crippen LogP) is 2.67. The average molecular weight is 338 g/mol. The first-order chi connectivity index (χ1) is 12.1. The molecule has 0 aliphatic carbocycles. The van der Waals surface area contributed by atoms with Crippen LogP contribution in [0.1, 0.15) is 17.5 Å². The fourth-order valence-electron chi connectivity index (χ4n) is 3.06. The van der Waals surface area contributed by atoms with Crippen molar-refractivity contribution in [2.45, 2.75) is 19.9 Å². The Kier molecular flexibility index (Phi) is 5.03. The summed E-state index contributed by atoms with van der Waals surface area (Å²) in [6.07, 6.45) is 0.220. The topological polar surface area (TPSA) is 58.6 Å². The summed E-state index contributed by atoms with van der Waals surface area (Å²) in [5.74, 6) is 0.154. The van der Waals surface area contributed by atoms with E-state index in [1.54, 1.807) is 12.0 Å². The largest absolute Gasteiger partial charge is 0.495 e. The van der Waals surface area contributed by atoms with Crippen LogP contribution in [0, 0.1) is 12.8 Å². The van der Waals surface area contributed by atoms with Gasteiger partial charge >= 0.3 is 0 Å². The minimum absolute atomic E-state index is 0.0521. The number of nitrogens with one attached hydrogen (secondary N) is 1. The highest BCUT2D eigenvalue weighted by Crippen LogP contribution is 2.33. The molecule has 5 nitrogen and oxygen atoms in total. The molecule has 1 N–H and O–H groups in total. The molecule has 2 amide bonds. The van der Waals surface area contributed by atoms with Gasteiger partial charge in [-0.2, -0.15) is 0 Å². The van der Waals surface area contributed by atoms with Gasteiger partial charge in [0.15, 0.2) is 0 Å². The maximum absolute atomic E-state index is 12.4. The molecule has 0 saturated carbocycles. The molecule has 1 fully saturated rings. The highest BCUT2D eigenvalue weighted by atomic mass is 16.5. The van der Waals surface area contributed by atoms with Crippen LogP contribution in [0.15, 0.2) is 48.5 Å². The van der Waals surface area contributed by atoms with E-state index < -0.39 is 0 Å². The summed E-state index contributed by atoms with van der Waals surface area (Å²) in [4.78, 5) is 26.5. The van der Waals surface area contributed by atoms with Crippen LogP contribution >= 0.6 is 0 Å². The molecule has 130 valence electrons. The number of carbonyl (C=O) groups is 2. The molecule has 25 heavy (non-hydrogen) atoms. The van der Waals surface area contributed by atoms with Crippen molar-refractivity contribution >= 4 is 17.5 Å². The molecule has 2 aromatic rings. The van der Waals surface area contributed by atoms with Gasteiger partial charge in [-0.05, 0) is 30.2 Å². The highest BCUT2D eigenvalue weighted by molar-refractivity contribution is 6.01. The lowest BCUT2D eigenvalue weighted by atomic mass is 10.1. The Morgan fingerprint density at radius 2 is 2.00 bits per heavy atom. The zero-order chi connectivity index (χ0) is 17.8. The van der Waals surface area contributed by atoms with Gasteiger partial charge in [-0.15, -0.1) is 0 Å². The third kappa shape index (κ3) is 3.82. The highest BCUT2D eigenvalue weighted by Gasteiger charge is 2.36. The van der Waals surface area contributed by atoms with Gasteiger partial charge in [-0.25, -0.2) is 0 Å². The number of nitrogens with zero attached hydrogens (tertiary/aromatic N) is 1. The van der Waals surface area contributed by atoms with Crippen molar-refractivity contribution in [3.8, 4) is 5.75 Å². The summed E-state index contributed by atoms with van der Waals surface area (Å²) < 4.78 is 5.37. The molecule has 1 atom stereocenters. The van der Waals surface area contributed by atoms with Crippen molar-refractivity contribution in [3.63, 3.8) is 0 Å². The fraction of sp³-hybridized carbons (Fsp3) is 0.300. The lowest BCUT2D eigenvalue weighted by Gasteiger charge is -2.20. The second-order valence-electron chi connectivity index (χ2n) is 6.28. The monoisotopic (exact) mass is 338 g/mol. The standard InChI is InChI=1S/C20H22N2O3/c1-14-8-9-18(25-2)17(10-14)22-13-16(11-19(22)23)20(24)21-12-15-6-4-3-5-7-15/h3-10,16H,11-13H2,1-2H3,(H,21,24). The van der Waals surface area contributed by atoms with Gasteiger partial charge in [-0.3, -0.25) is 9.59 Å². The number of rotatable bonds is 5. The number of ether oxygens (including phenoxy) is 1. The number of hydrogen-bond donors (Lipinski definition) is 1. The van der Waals surface area contributed by atoms with Gasteiger partial charge in [-0.1, -0.05) is 36.4 Å².